The lowest BCUT2D eigenvalue weighted by atomic mass is 10.1. The molecular weight excluding hydrogens is 198 g/mol. The molecule has 0 N–H and O–H groups in total. The summed E-state index contributed by atoms with van der Waals surface area (Å²) in [5, 5.41) is 0. The summed E-state index contributed by atoms with van der Waals surface area (Å²) in [6.07, 6.45) is 2.89. The lowest BCUT2D eigenvalue weighted by molar-refractivity contribution is 0.100. The number of hydrogen-bond donors (Lipinski definition) is 0. The van der Waals surface area contributed by atoms with Gasteiger partial charge in [0.05, 0.1) is 0 Å². The first kappa shape index (κ1) is 10.9. The summed E-state index contributed by atoms with van der Waals surface area (Å²) in [6.45, 7) is 1.89. The van der Waals surface area contributed by atoms with E-state index in [-0.39, 0.29) is 0 Å². The summed E-state index contributed by atoms with van der Waals surface area (Å²) in [5.41, 5.74) is 1.48. The molecule has 3 nitrogen and oxygen atoms in total. The Kier molecular flexibility index (Phi) is 3.06. The molecule has 0 saturated carbocycles. The van der Waals surface area contributed by atoms with Gasteiger partial charge in [0, 0.05) is 27.8 Å². The van der Waals surface area contributed by atoms with Crippen LogP contribution in [0, 0.1) is 6.92 Å². The first-order valence-electron chi connectivity index (χ1n) is 4.16. The predicted octanol–water partition coefficient (Wildman–Crippen LogP) is 1.86. The number of nitrogens with zero attached hydrogens (tertiary/aromatic N) is 1. The van der Waals surface area contributed by atoms with E-state index in [4.69, 9.17) is 0 Å². The maximum Gasteiger partial charge on any atom is 0.285 e. The van der Waals surface area contributed by atoms with E-state index in [0.29, 0.717) is 5.56 Å². The number of benzene rings is 1. The van der Waals surface area contributed by atoms with Crippen LogP contribution in [0.4, 0.5) is 0 Å². The van der Waals surface area contributed by atoms with Crippen LogP contribution in [-0.4, -0.2) is 22.6 Å². The molecule has 0 fully saturated rings. The Bertz CT molecular complexity index is 463. The number of carbonyl (C=O) groups is 1. The van der Waals surface area contributed by atoms with Crippen molar-refractivity contribution in [2.45, 2.75) is 6.92 Å². The molecule has 14 heavy (non-hydrogen) atoms. The van der Waals surface area contributed by atoms with Gasteiger partial charge in [-0.05, 0) is 19.1 Å². The van der Waals surface area contributed by atoms with Gasteiger partial charge < -0.3 is 0 Å². The molecule has 0 aromatic heterocycles. The smallest absolute Gasteiger partial charge is 0.266 e. The van der Waals surface area contributed by atoms with E-state index in [1.54, 1.807) is 18.2 Å². The van der Waals surface area contributed by atoms with Gasteiger partial charge in [-0.15, -0.1) is 0 Å². The zero-order valence-corrected chi connectivity index (χ0v) is 9.30. The Morgan fingerprint density at radius 3 is 2.50 bits per heavy atom. The summed E-state index contributed by atoms with van der Waals surface area (Å²) in [6, 6.07) is 7.08. The Labute approximate surface area is 84.3 Å². The van der Waals surface area contributed by atoms with Crippen LogP contribution in [0.5, 0.6) is 0 Å². The number of hydrogen-bond acceptors (Lipinski definition) is 2. The van der Waals surface area contributed by atoms with E-state index in [9.17, 15) is 9.00 Å². The van der Waals surface area contributed by atoms with Crippen LogP contribution in [0.25, 0.3) is 0 Å². The third-order valence-electron chi connectivity index (χ3n) is 1.57. The normalized spacial score (nSPS) is 11.1. The number of rotatable bonds is 1. The van der Waals surface area contributed by atoms with Gasteiger partial charge >= 0.3 is 0 Å². The molecule has 0 saturated heterocycles. The van der Waals surface area contributed by atoms with Crippen molar-refractivity contribution in [2.24, 2.45) is 4.36 Å². The molecule has 0 bridgehead atoms. The fourth-order valence-electron chi connectivity index (χ4n) is 1.03. The second-order valence-electron chi connectivity index (χ2n) is 3.45. The summed E-state index contributed by atoms with van der Waals surface area (Å²) in [4.78, 5) is 11.5. The minimum absolute atomic E-state index is 0.413. The molecule has 4 heteroatoms. The molecule has 0 radical (unpaired) electrons. The zero-order valence-electron chi connectivity index (χ0n) is 8.48. The minimum atomic E-state index is -2.36. The largest absolute Gasteiger partial charge is 0.285 e. The lowest BCUT2D eigenvalue weighted by Gasteiger charge is -1.98. The van der Waals surface area contributed by atoms with E-state index in [1.165, 1.54) is 12.5 Å². The van der Waals surface area contributed by atoms with Crippen LogP contribution in [0.3, 0.4) is 0 Å². The molecule has 1 aromatic carbocycles. The molecule has 76 valence electrons. The van der Waals surface area contributed by atoms with Gasteiger partial charge in [0.2, 0.25) is 0 Å². The average Bonchev–Trinajstić information content (AvgIpc) is 2.01. The third-order valence-corrected chi connectivity index (χ3v) is 2.17. The van der Waals surface area contributed by atoms with Crippen LogP contribution in [0.2, 0.25) is 0 Å². The van der Waals surface area contributed by atoms with Gasteiger partial charge in [0.15, 0.2) is 0 Å². The highest BCUT2D eigenvalue weighted by Crippen LogP contribution is 2.06. The quantitative estimate of drug-likeness (QED) is 0.711. The zero-order chi connectivity index (χ0) is 10.8. The third kappa shape index (κ3) is 3.30. The van der Waals surface area contributed by atoms with Gasteiger partial charge in [-0.2, -0.15) is 4.36 Å². The standard InChI is InChI=1S/C10H13NO2S/c1-8-5-4-6-9(7-8)10(12)11-14(2,3)13/h4-7H,1-3H3. The summed E-state index contributed by atoms with van der Waals surface area (Å²) in [5.74, 6) is -0.413. The van der Waals surface area contributed by atoms with Crippen LogP contribution < -0.4 is 0 Å². The van der Waals surface area contributed by atoms with Crippen LogP contribution in [0.1, 0.15) is 15.9 Å². The monoisotopic (exact) mass is 211 g/mol. The highest BCUT2D eigenvalue weighted by molar-refractivity contribution is 7.92. The lowest BCUT2D eigenvalue weighted by Crippen LogP contribution is -2.01. The maximum atomic E-state index is 11.5. The molecular formula is C10H13NO2S. The van der Waals surface area contributed by atoms with Crippen molar-refractivity contribution in [2.75, 3.05) is 12.5 Å². The van der Waals surface area contributed by atoms with Crippen molar-refractivity contribution in [3.63, 3.8) is 0 Å². The SMILES string of the molecule is Cc1cccc(C(=O)N=S(C)(C)=O)c1. The van der Waals surface area contributed by atoms with Gasteiger partial charge in [-0.25, -0.2) is 4.21 Å². The van der Waals surface area contributed by atoms with Gasteiger partial charge in [0.1, 0.15) is 0 Å². The van der Waals surface area contributed by atoms with Crippen molar-refractivity contribution in [3.05, 3.63) is 35.4 Å². The van der Waals surface area contributed by atoms with Gasteiger partial charge in [-0.1, -0.05) is 17.7 Å². The van der Waals surface area contributed by atoms with Crippen molar-refractivity contribution in [3.8, 4) is 0 Å². The topological polar surface area (TPSA) is 46.5 Å². The number of carbonyl (C=O) groups excluding carboxylic acids is 1. The fraction of sp³-hybridized carbons (Fsp3) is 0.300. The van der Waals surface area contributed by atoms with E-state index in [0.717, 1.165) is 5.56 Å². The first-order valence-corrected chi connectivity index (χ1v) is 6.50. The second kappa shape index (κ2) is 3.92. The average molecular weight is 211 g/mol. The Hall–Kier alpha value is -1.16. The molecule has 1 rings (SSSR count). The van der Waals surface area contributed by atoms with Gasteiger partial charge in [-0.3, -0.25) is 4.79 Å². The van der Waals surface area contributed by atoms with Crippen LogP contribution in [-0.2, 0) is 9.73 Å². The highest BCUT2D eigenvalue weighted by Gasteiger charge is 2.05. The molecule has 0 atom stereocenters. The molecule has 0 aliphatic carbocycles. The van der Waals surface area contributed by atoms with Crippen LogP contribution >= 0.6 is 0 Å². The van der Waals surface area contributed by atoms with E-state index in [2.05, 4.69) is 4.36 Å². The Morgan fingerprint density at radius 2 is 2.00 bits per heavy atom. The maximum absolute atomic E-state index is 11.5. The van der Waals surface area contributed by atoms with Crippen LogP contribution in [0.15, 0.2) is 28.6 Å². The predicted molar refractivity (Wildman–Crippen MR) is 57.9 cm³/mol. The van der Waals surface area contributed by atoms with E-state index in [1.807, 2.05) is 13.0 Å². The van der Waals surface area contributed by atoms with Gasteiger partial charge in [0.25, 0.3) is 5.91 Å². The Balaban J connectivity index is 3.09. The van der Waals surface area contributed by atoms with Crippen molar-refractivity contribution >= 4 is 15.6 Å². The summed E-state index contributed by atoms with van der Waals surface area (Å²) < 4.78 is 14.9. The molecule has 0 aliphatic rings. The molecule has 0 spiro atoms. The molecule has 0 heterocycles. The van der Waals surface area contributed by atoms with Crippen molar-refractivity contribution in [1.29, 1.82) is 0 Å². The first-order chi connectivity index (χ1) is 6.38. The molecule has 1 aromatic rings. The van der Waals surface area contributed by atoms with Crippen molar-refractivity contribution < 1.29 is 9.00 Å². The molecule has 1 amide bonds. The second-order valence-corrected chi connectivity index (χ2v) is 5.99. The number of aryl methyl sites for hydroxylation is 1. The fourth-order valence-corrected chi connectivity index (χ4v) is 1.54. The molecule has 0 unspecified atom stereocenters. The minimum Gasteiger partial charge on any atom is -0.266 e. The number of amides is 1. The Morgan fingerprint density at radius 1 is 1.36 bits per heavy atom. The molecule has 0 aliphatic heterocycles. The highest BCUT2D eigenvalue weighted by atomic mass is 32.2. The summed E-state index contributed by atoms with van der Waals surface area (Å²) in [7, 11) is -2.36. The summed E-state index contributed by atoms with van der Waals surface area (Å²) >= 11 is 0. The van der Waals surface area contributed by atoms with E-state index < -0.39 is 15.6 Å². The van der Waals surface area contributed by atoms with E-state index >= 15 is 0 Å². The van der Waals surface area contributed by atoms with Crippen molar-refractivity contribution in [1.82, 2.24) is 0 Å².